The van der Waals surface area contributed by atoms with E-state index in [1.807, 2.05) is 0 Å². The zero-order valence-electron chi connectivity index (χ0n) is 49.2. The molecule has 0 heterocycles. The van der Waals surface area contributed by atoms with Crippen LogP contribution in [0.15, 0.2) is 0 Å². The highest BCUT2D eigenvalue weighted by Crippen LogP contribution is 2.69. The molecule has 0 bridgehead atoms. The van der Waals surface area contributed by atoms with Gasteiger partial charge >= 0.3 is 0 Å². The van der Waals surface area contributed by atoms with Gasteiger partial charge < -0.3 is 36.3 Å². The lowest BCUT2D eigenvalue weighted by atomic mass is 9.43. The predicted octanol–water partition coefficient (Wildman–Crippen LogP) is 16.7. The van der Waals surface area contributed by atoms with Crippen LogP contribution in [0.4, 0.5) is 0 Å². The van der Waals surface area contributed by atoms with Crippen LogP contribution < -0.4 is 17.2 Å². The summed E-state index contributed by atoms with van der Waals surface area (Å²) in [5.41, 5.74) is 18.6. The summed E-state index contributed by atoms with van der Waals surface area (Å²) in [7, 11) is 0. The maximum atomic E-state index is 7.21. The van der Waals surface area contributed by atoms with Crippen LogP contribution in [-0.2, 0) is 14.2 Å². The van der Waals surface area contributed by atoms with Crippen molar-refractivity contribution in [3.05, 3.63) is 0 Å². The number of unbranched alkanes of at least 4 members (excludes halogenated alkanes) is 26. The van der Waals surface area contributed by atoms with Gasteiger partial charge in [-0.25, -0.2) is 0 Å². The first-order chi connectivity index (χ1) is 35.3. The molecule has 11 atom stereocenters. The number of fused-ring (bicyclic) bond motifs is 5. The first-order valence-corrected chi connectivity index (χ1v) is 33.0. The summed E-state index contributed by atoms with van der Waals surface area (Å²) in [5.74, 6) is 3.88. The highest BCUT2D eigenvalue weighted by atomic mass is 16.5. The summed E-state index contributed by atoms with van der Waals surface area (Å²) in [5, 5.41) is 0. The Hall–Kier alpha value is -0.280. The molecule has 0 aliphatic heterocycles. The third-order valence-electron chi connectivity index (χ3n) is 20.3. The number of hydrogen-bond acceptors (Lipinski definition) is 7. The van der Waals surface area contributed by atoms with E-state index in [0.717, 1.165) is 45.5 Å². The van der Waals surface area contributed by atoms with Crippen LogP contribution in [0.1, 0.15) is 291 Å². The van der Waals surface area contributed by atoms with Crippen LogP contribution in [-0.4, -0.2) is 82.3 Å². The topological polar surface area (TPSA) is 109 Å². The molecule has 7 nitrogen and oxygen atoms in total. The third kappa shape index (κ3) is 22.2. The quantitative estimate of drug-likeness (QED) is 0.0521. The average molecular weight is 1010 g/mol. The maximum Gasteiger partial charge on any atom is 0.0637 e. The number of nitrogens with zero attached hydrogens (tertiary/aromatic N) is 1. The molecule has 0 amide bonds. The van der Waals surface area contributed by atoms with Gasteiger partial charge in [0, 0.05) is 25.2 Å². The van der Waals surface area contributed by atoms with Gasteiger partial charge in [-0.2, -0.15) is 0 Å². The maximum absolute atomic E-state index is 7.21. The first kappa shape index (κ1) is 64.2. The largest absolute Gasteiger partial charge is 0.378 e. The lowest BCUT2D eigenvalue weighted by molar-refractivity contribution is -0.227. The molecule has 6 N–H and O–H groups in total. The van der Waals surface area contributed by atoms with Gasteiger partial charge in [0.05, 0.1) is 18.3 Å². The highest BCUT2D eigenvalue weighted by molar-refractivity contribution is 5.15. The molecule has 6 unspecified atom stereocenters. The number of nitrogens with two attached hydrogens (primary N) is 3. The Labute approximate surface area is 449 Å². The van der Waals surface area contributed by atoms with Crippen molar-refractivity contribution in [2.45, 2.75) is 310 Å². The van der Waals surface area contributed by atoms with Gasteiger partial charge in [0.25, 0.3) is 0 Å². The fraction of sp³-hybridized carbons (Fsp3) is 1.00. The molecule has 0 aromatic carbocycles. The average Bonchev–Trinajstić information content (AvgIpc) is 3.74. The van der Waals surface area contributed by atoms with Crippen molar-refractivity contribution in [2.24, 2.45) is 63.5 Å². The van der Waals surface area contributed by atoms with Crippen molar-refractivity contribution in [3.63, 3.8) is 0 Å². The van der Waals surface area contributed by atoms with Crippen molar-refractivity contribution < 1.29 is 14.2 Å². The van der Waals surface area contributed by atoms with Crippen molar-refractivity contribution in [3.8, 4) is 0 Å². The Kier molecular flexibility index (Phi) is 34.9. The van der Waals surface area contributed by atoms with Gasteiger partial charge in [0.15, 0.2) is 0 Å². The summed E-state index contributed by atoms with van der Waals surface area (Å²) in [6.45, 7) is 21.1. The summed E-state index contributed by atoms with van der Waals surface area (Å²) >= 11 is 0. The molecule has 0 saturated heterocycles. The van der Waals surface area contributed by atoms with Gasteiger partial charge in [-0.15, -0.1) is 0 Å². The van der Waals surface area contributed by atoms with E-state index < -0.39 is 0 Å². The molecule has 4 rings (SSSR count). The predicted molar refractivity (Wildman–Crippen MR) is 312 cm³/mol. The highest BCUT2D eigenvalue weighted by Gasteiger charge is 2.66. The fourth-order valence-corrected chi connectivity index (χ4v) is 15.8. The molecule has 0 aromatic heterocycles. The number of rotatable bonds is 47. The van der Waals surface area contributed by atoms with Crippen molar-refractivity contribution in [1.82, 2.24) is 4.90 Å². The smallest absolute Gasteiger partial charge is 0.0637 e. The Morgan fingerprint density at radius 1 is 0.472 bits per heavy atom. The van der Waals surface area contributed by atoms with Crippen LogP contribution in [0.5, 0.6) is 0 Å². The lowest BCUT2D eigenvalue weighted by Gasteiger charge is -2.65. The Morgan fingerprint density at radius 3 is 1.40 bits per heavy atom. The molecule has 7 heteroatoms. The number of hydrogen-bond donors (Lipinski definition) is 3. The second-order valence-corrected chi connectivity index (χ2v) is 25.6. The van der Waals surface area contributed by atoms with Crippen LogP contribution in [0, 0.1) is 46.3 Å². The van der Waals surface area contributed by atoms with Gasteiger partial charge in [-0.1, -0.05) is 202 Å². The zero-order valence-corrected chi connectivity index (χ0v) is 49.2. The van der Waals surface area contributed by atoms with Crippen LogP contribution in [0.25, 0.3) is 0 Å². The van der Waals surface area contributed by atoms with E-state index in [2.05, 4.69) is 39.5 Å². The van der Waals surface area contributed by atoms with Crippen molar-refractivity contribution in [1.29, 1.82) is 0 Å². The molecule has 4 aliphatic rings. The normalized spacial score (nSPS) is 28.6. The minimum Gasteiger partial charge on any atom is -0.378 e. The Balaban J connectivity index is 1.32. The van der Waals surface area contributed by atoms with Gasteiger partial charge in [0.1, 0.15) is 0 Å². The van der Waals surface area contributed by atoms with E-state index in [9.17, 15) is 0 Å². The first-order valence-electron chi connectivity index (χ1n) is 33.0. The molecular weight excluding hydrogens is 885 g/mol. The standard InChI is InChI=1S/C65H128N4O3/c1-6-8-10-12-14-16-18-20-22-24-26-28-30-32-46-69(47-33-31-29-27-25-23-21-19-17-15-13-11-9-7-2)48-34-38-55(3)58-39-40-59-63-60(54-62(65(58,59)5)72-51-37-45-68)64(4)42-41-57(70-49-35-43-66)52-56(64)53-61(63)71-50-36-44-67/h55-63H,6-54,66-68H2,1-5H3/t55-,56?,57-,58?,59?,60+,61-,62+,63?,64?,65?/m1/s1. The molecule has 0 radical (unpaired) electrons. The van der Waals surface area contributed by atoms with E-state index in [1.54, 1.807) is 0 Å². The minimum absolute atomic E-state index is 0.165. The van der Waals surface area contributed by atoms with Crippen LogP contribution in [0.3, 0.4) is 0 Å². The summed E-state index contributed by atoms with van der Waals surface area (Å²) in [6.07, 6.45) is 55.3. The van der Waals surface area contributed by atoms with Gasteiger partial charge in [-0.05, 0) is 170 Å². The van der Waals surface area contributed by atoms with E-state index in [4.69, 9.17) is 31.4 Å². The molecule has 0 aromatic rings. The van der Waals surface area contributed by atoms with Crippen LogP contribution in [0.2, 0.25) is 0 Å². The van der Waals surface area contributed by atoms with E-state index in [1.165, 1.54) is 251 Å². The summed E-state index contributed by atoms with van der Waals surface area (Å²) in [4.78, 5) is 2.91. The van der Waals surface area contributed by atoms with Crippen molar-refractivity contribution >= 4 is 0 Å². The second kappa shape index (κ2) is 39.1. The fourth-order valence-electron chi connectivity index (χ4n) is 15.8. The Morgan fingerprint density at radius 2 is 0.917 bits per heavy atom. The minimum atomic E-state index is 0.165. The monoisotopic (exact) mass is 1010 g/mol. The molecular formula is C65H128N4O3. The third-order valence-corrected chi connectivity index (χ3v) is 20.3. The second-order valence-electron chi connectivity index (χ2n) is 25.6. The summed E-state index contributed by atoms with van der Waals surface area (Å²) in [6, 6.07) is 0. The SMILES string of the molecule is CCCCCCCCCCCCCCCCN(CCCCCCCCCCCCCCCC)CCC[C@@H](C)C1CCC2C3[C@H](OCCCN)CC4C[C@H](OCCCN)CCC4(C)[C@H]3C[C@H](OCCCN)C21C. The number of ether oxygens (including phenoxy) is 3. The summed E-state index contributed by atoms with van der Waals surface area (Å²) < 4.78 is 20.8. The van der Waals surface area contributed by atoms with Gasteiger partial charge in [-0.3, -0.25) is 0 Å². The molecule has 72 heavy (non-hydrogen) atoms. The van der Waals surface area contributed by atoms with E-state index in [-0.39, 0.29) is 5.41 Å². The molecule has 4 saturated carbocycles. The lowest BCUT2D eigenvalue weighted by Crippen LogP contribution is -2.63. The van der Waals surface area contributed by atoms with E-state index >= 15 is 0 Å². The molecule has 426 valence electrons. The molecule has 4 aliphatic carbocycles. The van der Waals surface area contributed by atoms with E-state index in [0.29, 0.717) is 78.9 Å². The molecule has 0 spiro atoms. The zero-order chi connectivity index (χ0) is 51.5. The van der Waals surface area contributed by atoms with Crippen molar-refractivity contribution in [2.75, 3.05) is 59.1 Å². The Bertz CT molecular complexity index is 1240. The van der Waals surface area contributed by atoms with Gasteiger partial charge in [0.2, 0.25) is 0 Å². The van der Waals surface area contributed by atoms with Crippen LogP contribution >= 0.6 is 0 Å². The molecule has 4 fully saturated rings.